The van der Waals surface area contributed by atoms with Gasteiger partial charge in [0.15, 0.2) is 11.8 Å². The Bertz CT molecular complexity index is 352. The van der Waals surface area contributed by atoms with E-state index < -0.39 is 16.9 Å². The van der Waals surface area contributed by atoms with Gasteiger partial charge in [-0.3, -0.25) is 0 Å². The highest BCUT2D eigenvalue weighted by atomic mass is 32.2. The molecule has 0 atom stereocenters. The number of aliphatic hydroxyl groups excluding tert-OH is 1. The fourth-order valence-corrected chi connectivity index (χ4v) is 1.29. The Morgan fingerprint density at radius 1 is 1.43 bits per heavy atom. The van der Waals surface area contributed by atoms with E-state index in [1.54, 1.807) is 6.07 Å². The summed E-state index contributed by atoms with van der Waals surface area (Å²) in [5, 5.41) is 7.87. The van der Waals surface area contributed by atoms with E-state index in [1.807, 2.05) is 0 Å². The number of aromatic nitrogens is 1. The van der Waals surface area contributed by atoms with E-state index in [2.05, 4.69) is 14.2 Å². The van der Waals surface area contributed by atoms with Crippen LogP contribution in [0.25, 0.3) is 0 Å². The van der Waals surface area contributed by atoms with Gasteiger partial charge in [-0.05, 0) is 12.1 Å². The van der Waals surface area contributed by atoms with Crippen molar-refractivity contribution in [2.75, 3.05) is 6.79 Å². The zero-order valence-electron chi connectivity index (χ0n) is 7.16. The van der Waals surface area contributed by atoms with E-state index >= 15 is 0 Å². The van der Waals surface area contributed by atoms with Crippen LogP contribution in [0.15, 0.2) is 29.4 Å². The number of hydrogen-bond donors (Lipinski definition) is 2. The van der Waals surface area contributed by atoms with Gasteiger partial charge in [-0.1, -0.05) is 10.4 Å². The normalized spacial score (nSPS) is 10.6. The summed E-state index contributed by atoms with van der Waals surface area (Å²) < 4.78 is 26.1. The van der Waals surface area contributed by atoms with Gasteiger partial charge in [0.2, 0.25) is 0 Å². The maximum absolute atomic E-state index is 11.1. The third kappa shape index (κ3) is 3.36. The molecular formula is C6H10N2O5S. The van der Waals surface area contributed by atoms with E-state index in [-0.39, 0.29) is 11.2 Å². The second-order valence-corrected chi connectivity index (χ2v) is 3.40. The quantitative estimate of drug-likeness (QED) is 0.412. The molecule has 0 fully saturated rings. The molecule has 1 heterocycles. The molecule has 80 valence electrons. The Kier molecular flexibility index (Phi) is 5.20. The van der Waals surface area contributed by atoms with Crippen molar-refractivity contribution in [3.63, 3.8) is 0 Å². The van der Waals surface area contributed by atoms with Crippen molar-refractivity contribution in [2.45, 2.75) is 5.03 Å². The predicted molar refractivity (Wildman–Crippen MR) is 45.7 cm³/mol. The van der Waals surface area contributed by atoms with Crippen LogP contribution in [0.4, 0.5) is 0 Å². The molecule has 0 radical (unpaired) electrons. The van der Waals surface area contributed by atoms with Crippen molar-refractivity contribution in [1.29, 1.82) is 0 Å². The summed E-state index contributed by atoms with van der Waals surface area (Å²) in [7, 11) is -4.02. The van der Waals surface area contributed by atoms with Crippen molar-refractivity contribution in [1.82, 2.24) is 11.1 Å². The Morgan fingerprint density at radius 2 is 2.14 bits per heavy atom. The second-order valence-electron chi connectivity index (χ2n) is 1.94. The monoisotopic (exact) mass is 222 g/mol. The highest BCUT2D eigenvalue weighted by molar-refractivity contribution is 7.86. The summed E-state index contributed by atoms with van der Waals surface area (Å²) in [6.07, 6.45) is 1.30. The molecule has 1 aromatic heterocycles. The molecule has 0 aliphatic carbocycles. The number of pyridine rings is 1. The van der Waals surface area contributed by atoms with E-state index in [0.717, 1.165) is 0 Å². The summed E-state index contributed by atoms with van der Waals surface area (Å²) >= 11 is 0. The number of aliphatic hydroxyl groups is 1. The Labute approximate surface area is 80.9 Å². The number of nitrogens with zero attached hydrogens (tertiary/aromatic N) is 1. The predicted octanol–water partition coefficient (Wildman–Crippen LogP) is -0.170. The lowest BCUT2D eigenvalue weighted by Crippen LogP contribution is -2.09. The minimum Gasteiger partial charge on any atom is -0.368 e. The number of hydrogen-bond acceptors (Lipinski definition) is 7. The highest BCUT2D eigenvalue weighted by Gasteiger charge is 2.16. The van der Waals surface area contributed by atoms with Crippen molar-refractivity contribution in [3.05, 3.63) is 24.4 Å². The molecule has 0 spiro atoms. The smallest absolute Gasteiger partial charge is 0.340 e. The van der Waals surface area contributed by atoms with Crippen LogP contribution in [0.3, 0.4) is 0 Å². The summed E-state index contributed by atoms with van der Waals surface area (Å²) in [6, 6.07) is 4.30. The largest absolute Gasteiger partial charge is 0.368 e. The standard InChI is InChI=1S/C6H7NO5S.H3N/c8-5-11-12-13(9,10)6-3-1-2-4-7-6;/h1-4,8H,5H2;1H3. The SMILES string of the molecule is N.O=S(=O)(OOCO)c1ccccn1. The molecule has 4 N–H and O–H groups in total. The molecule has 0 saturated carbocycles. The average Bonchev–Trinajstić information content (AvgIpc) is 2.16. The molecule has 14 heavy (non-hydrogen) atoms. The van der Waals surface area contributed by atoms with Crippen LogP contribution in [0, 0.1) is 0 Å². The molecule has 0 unspecified atom stereocenters. The van der Waals surface area contributed by atoms with Crippen LogP contribution in [0.5, 0.6) is 0 Å². The zero-order valence-corrected chi connectivity index (χ0v) is 7.98. The second kappa shape index (κ2) is 5.62. The van der Waals surface area contributed by atoms with Crippen LogP contribution >= 0.6 is 0 Å². The van der Waals surface area contributed by atoms with Crippen molar-refractivity contribution >= 4 is 10.1 Å². The van der Waals surface area contributed by atoms with Crippen LogP contribution in [-0.4, -0.2) is 25.3 Å². The van der Waals surface area contributed by atoms with Gasteiger partial charge >= 0.3 is 10.1 Å². The first kappa shape index (κ1) is 12.9. The molecule has 0 aliphatic rings. The van der Waals surface area contributed by atoms with Crippen LogP contribution < -0.4 is 6.15 Å². The lowest BCUT2D eigenvalue weighted by atomic mass is 10.5. The molecule has 1 aromatic rings. The Balaban J connectivity index is 0.00000169. The summed E-state index contributed by atoms with van der Waals surface area (Å²) in [5.74, 6) is 0. The maximum Gasteiger partial charge on any atom is 0.340 e. The first-order chi connectivity index (χ1) is 6.17. The molecule has 8 heteroatoms. The Morgan fingerprint density at radius 3 is 2.64 bits per heavy atom. The summed E-state index contributed by atoms with van der Waals surface area (Å²) in [5.41, 5.74) is 0. The first-order valence-electron chi connectivity index (χ1n) is 3.25. The van der Waals surface area contributed by atoms with Gasteiger partial charge in [0.05, 0.1) is 0 Å². The van der Waals surface area contributed by atoms with Crippen LogP contribution in [0.2, 0.25) is 0 Å². The molecule has 0 aromatic carbocycles. The van der Waals surface area contributed by atoms with E-state index in [4.69, 9.17) is 5.11 Å². The van der Waals surface area contributed by atoms with Gasteiger partial charge < -0.3 is 11.3 Å². The van der Waals surface area contributed by atoms with Crippen LogP contribution in [-0.2, 0) is 19.3 Å². The fraction of sp³-hybridized carbons (Fsp3) is 0.167. The molecular weight excluding hydrogens is 212 g/mol. The van der Waals surface area contributed by atoms with Gasteiger partial charge in [0, 0.05) is 6.20 Å². The lowest BCUT2D eigenvalue weighted by molar-refractivity contribution is -0.249. The molecule has 1 rings (SSSR count). The molecule has 0 aliphatic heterocycles. The molecule has 0 saturated heterocycles. The lowest BCUT2D eigenvalue weighted by Gasteiger charge is -2.00. The van der Waals surface area contributed by atoms with E-state index in [9.17, 15) is 8.42 Å². The summed E-state index contributed by atoms with van der Waals surface area (Å²) in [4.78, 5) is 7.41. The van der Waals surface area contributed by atoms with Crippen molar-refractivity contribution < 1.29 is 22.7 Å². The minimum atomic E-state index is -4.02. The van der Waals surface area contributed by atoms with Gasteiger partial charge in [-0.2, -0.15) is 13.3 Å². The topological polar surface area (TPSA) is 121 Å². The molecule has 0 bridgehead atoms. The van der Waals surface area contributed by atoms with Gasteiger partial charge in [-0.15, -0.1) is 0 Å². The Hall–Kier alpha value is -1.06. The minimum absolute atomic E-state index is 0. The fourth-order valence-electron chi connectivity index (χ4n) is 0.615. The van der Waals surface area contributed by atoms with Crippen LogP contribution in [0.1, 0.15) is 0 Å². The van der Waals surface area contributed by atoms with Crippen molar-refractivity contribution in [3.8, 4) is 0 Å². The van der Waals surface area contributed by atoms with Crippen molar-refractivity contribution in [2.24, 2.45) is 0 Å². The highest BCUT2D eigenvalue weighted by Crippen LogP contribution is 2.07. The van der Waals surface area contributed by atoms with Gasteiger partial charge in [-0.25, -0.2) is 4.98 Å². The third-order valence-corrected chi connectivity index (χ3v) is 2.11. The van der Waals surface area contributed by atoms with E-state index in [1.165, 1.54) is 18.3 Å². The maximum atomic E-state index is 11.1. The average molecular weight is 222 g/mol. The first-order valence-corrected chi connectivity index (χ1v) is 4.65. The number of rotatable bonds is 4. The molecule has 0 amide bonds. The van der Waals surface area contributed by atoms with E-state index in [0.29, 0.717) is 0 Å². The van der Waals surface area contributed by atoms with Gasteiger partial charge in [0.1, 0.15) is 0 Å². The molecule has 7 nitrogen and oxygen atoms in total. The third-order valence-electron chi connectivity index (χ3n) is 1.08. The summed E-state index contributed by atoms with van der Waals surface area (Å²) in [6.45, 7) is -0.841. The van der Waals surface area contributed by atoms with Gasteiger partial charge in [0.25, 0.3) is 0 Å². The zero-order chi connectivity index (χ0) is 9.73.